The molecule has 0 bridgehead atoms. The van der Waals surface area contributed by atoms with E-state index in [4.69, 9.17) is 14.5 Å². The van der Waals surface area contributed by atoms with E-state index in [1.54, 1.807) is 12.1 Å². The van der Waals surface area contributed by atoms with Crippen LogP contribution < -0.4 is 4.74 Å². The van der Waals surface area contributed by atoms with Crippen molar-refractivity contribution in [2.24, 2.45) is 5.92 Å². The number of ketones is 2. The summed E-state index contributed by atoms with van der Waals surface area (Å²) in [7, 11) is 0. The Bertz CT molecular complexity index is 1050. The number of carbonyl (C=O) groups excluding carboxylic acids is 2. The molecule has 1 heterocycles. The molecular weight excluding hydrogens is 481 g/mol. The van der Waals surface area contributed by atoms with Crippen LogP contribution in [-0.4, -0.2) is 36.4 Å². The first-order chi connectivity index (χ1) is 18.3. The van der Waals surface area contributed by atoms with Crippen LogP contribution in [0.1, 0.15) is 101 Å². The highest BCUT2D eigenvalue weighted by Gasteiger charge is 2.20. The van der Waals surface area contributed by atoms with Crippen LogP contribution in [0.3, 0.4) is 0 Å². The number of unbranched alkanes of at least 4 members (excludes halogenated alkanes) is 1. The molecule has 1 aliphatic rings. The summed E-state index contributed by atoms with van der Waals surface area (Å²) >= 11 is 0. The third kappa shape index (κ3) is 10.3. The summed E-state index contributed by atoms with van der Waals surface area (Å²) in [6.45, 7) is 7.11. The first kappa shape index (κ1) is 29.9. The summed E-state index contributed by atoms with van der Waals surface area (Å²) < 4.78 is 25.8. The van der Waals surface area contributed by atoms with Gasteiger partial charge in [-0.15, -0.1) is 0 Å². The highest BCUT2D eigenvalue weighted by Crippen LogP contribution is 2.29. The highest BCUT2D eigenvalue weighted by molar-refractivity contribution is 5.81. The molecule has 208 valence electrons. The zero-order valence-corrected chi connectivity index (χ0v) is 23.4. The summed E-state index contributed by atoms with van der Waals surface area (Å²) in [6, 6.07) is 9.09. The average molecular weight is 526 g/mol. The number of aromatic nitrogens is 1. The summed E-state index contributed by atoms with van der Waals surface area (Å²) in [5.74, 6) is 0.0142. The number of hydrogen-bond acceptors (Lipinski definition) is 5. The quantitative estimate of drug-likeness (QED) is 0.209. The number of fused-ring (bicyclic) bond motifs is 1. The fourth-order valence-corrected chi connectivity index (χ4v) is 4.95. The van der Waals surface area contributed by atoms with Crippen molar-refractivity contribution in [3.63, 3.8) is 0 Å². The molecule has 1 atom stereocenters. The topological polar surface area (TPSA) is 65.5 Å². The zero-order valence-electron chi connectivity index (χ0n) is 23.4. The maximum Gasteiger partial charge on any atom is 0.165 e. The normalized spacial score (nSPS) is 13.8. The van der Waals surface area contributed by atoms with Crippen molar-refractivity contribution in [2.45, 2.75) is 97.3 Å². The van der Waals surface area contributed by atoms with Crippen LogP contribution in [0.25, 0.3) is 0 Å². The number of Topliss-reactive ketones (excluding diaryl/α,β-unsaturated/α-hetero) is 2. The van der Waals surface area contributed by atoms with Gasteiger partial charge in [0.2, 0.25) is 0 Å². The number of ether oxygens (including phenoxy) is 2. The standard InChI is InChI=1S/C32H44FNO4/c1-23(2)16-17-37-18-19-38-32-15-13-26(22-30(32)33)27(20-24(3)35)21-29(36)10-6-5-9-28-14-12-25-8-4-7-11-31(25)34-28/h12-15,22-23,27H,4-11,16-21H2,1-3H3/t27-/m1/s1. The summed E-state index contributed by atoms with van der Waals surface area (Å²) in [6.07, 6.45) is 9.10. The van der Waals surface area contributed by atoms with E-state index in [2.05, 4.69) is 26.0 Å². The minimum atomic E-state index is -0.483. The van der Waals surface area contributed by atoms with Crippen molar-refractivity contribution in [1.82, 2.24) is 4.98 Å². The molecule has 2 aromatic rings. The number of halogens is 1. The van der Waals surface area contributed by atoms with Crippen LogP contribution >= 0.6 is 0 Å². The monoisotopic (exact) mass is 525 g/mol. The van der Waals surface area contributed by atoms with Gasteiger partial charge in [-0.1, -0.05) is 26.0 Å². The minimum Gasteiger partial charge on any atom is -0.488 e. The molecule has 38 heavy (non-hydrogen) atoms. The lowest BCUT2D eigenvalue weighted by atomic mass is 9.88. The van der Waals surface area contributed by atoms with E-state index in [0.29, 0.717) is 31.1 Å². The first-order valence-corrected chi connectivity index (χ1v) is 14.3. The molecule has 6 heteroatoms. The fourth-order valence-electron chi connectivity index (χ4n) is 4.95. The van der Waals surface area contributed by atoms with Gasteiger partial charge in [0, 0.05) is 37.3 Å². The number of pyridine rings is 1. The van der Waals surface area contributed by atoms with Crippen LogP contribution in [0, 0.1) is 11.7 Å². The molecular formula is C32H44FNO4. The van der Waals surface area contributed by atoms with Gasteiger partial charge in [-0.25, -0.2) is 4.39 Å². The molecule has 3 rings (SSSR count). The summed E-state index contributed by atoms with van der Waals surface area (Å²) in [5.41, 5.74) is 4.39. The Morgan fingerprint density at radius 2 is 1.82 bits per heavy atom. The van der Waals surface area contributed by atoms with Gasteiger partial charge in [-0.05, 0) is 99.5 Å². The molecule has 0 N–H and O–H groups in total. The predicted molar refractivity (Wildman–Crippen MR) is 148 cm³/mol. The molecule has 1 aromatic carbocycles. The van der Waals surface area contributed by atoms with Gasteiger partial charge < -0.3 is 14.3 Å². The van der Waals surface area contributed by atoms with E-state index in [1.807, 2.05) is 0 Å². The lowest BCUT2D eigenvalue weighted by molar-refractivity contribution is -0.120. The smallest absolute Gasteiger partial charge is 0.165 e. The number of hydrogen-bond donors (Lipinski definition) is 0. The van der Waals surface area contributed by atoms with Gasteiger partial charge in [0.15, 0.2) is 11.6 Å². The highest BCUT2D eigenvalue weighted by atomic mass is 19.1. The van der Waals surface area contributed by atoms with Crippen molar-refractivity contribution in [3.05, 3.63) is 58.7 Å². The molecule has 0 saturated heterocycles. The van der Waals surface area contributed by atoms with E-state index >= 15 is 0 Å². The van der Waals surface area contributed by atoms with Gasteiger partial charge in [0.05, 0.1) is 6.61 Å². The predicted octanol–water partition coefficient (Wildman–Crippen LogP) is 6.98. The Morgan fingerprint density at radius 3 is 2.58 bits per heavy atom. The molecule has 0 saturated carbocycles. The van der Waals surface area contributed by atoms with Crippen LogP contribution in [0.5, 0.6) is 5.75 Å². The largest absolute Gasteiger partial charge is 0.488 e. The Hall–Kier alpha value is -2.60. The second-order valence-electron chi connectivity index (χ2n) is 11.0. The molecule has 1 aromatic heterocycles. The van der Waals surface area contributed by atoms with Gasteiger partial charge in [-0.2, -0.15) is 0 Å². The molecule has 0 amide bonds. The van der Waals surface area contributed by atoms with Gasteiger partial charge in [0.1, 0.15) is 18.2 Å². The number of aryl methyl sites for hydroxylation is 3. The SMILES string of the molecule is CC(=O)C[C@H](CC(=O)CCCCc1ccc2c(n1)CCCC2)c1ccc(OCCOCCC(C)C)c(F)c1. The van der Waals surface area contributed by atoms with Crippen LogP contribution in [0.2, 0.25) is 0 Å². The Kier molecular flexibility index (Phi) is 12.4. The number of carbonyl (C=O) groups is 2. The van der Waals surface area contributed by atoms with E-state index in [-0.39, 0.29) is 42.7 Å². The van der Waals surface area contributed by atoms with Crippen molar-refractivity contribution in [2.75, 3.05) is 19.8 Å². The third-order valence-corrected chi connectivity index (χ3v) is 7.13. The second-order valence-corrected chi connectivity index (χ2v) is 11.0. The Morgan fingerprint density at radius 1 is 1.00 bits per heavy atom. The average Bonchev–Trinajstić information content (AvgIpc) is 2.88. The molecule has 5 nitrogen and oxygen atoms in total. The maximum absolute atomic E-state index is 14.7. The van der Waals surface area contributed by atoms with Crippen molar-refractivity contribution >= 4 is 11.6 Å². The van der Waals surface area contributed by atoms with Crippen LogP contribution in [0.4, 0.5) is 4.39 Å². The van der Waals surface area contributed by atoms with Gasteiger partial charge >= 0.3 is 0 Å². The van der Waals surface area contributed by atoms with Crippen molar-refractivity contribution < 1.29 is 23.5 Å². The van der Waals surface area contributed by atoms with E-state index in [9.17, 15) is 14.0 Å². The Balaban J connectivity index is 1.45. The van der Waals surface area contributed by atoms with Crippen molar-refractivity contribution in [1.29, 1.82) is 0 Å². The molecule has 0 fully saturated rings. The third-order valence-electron chi connectivity index (χ3n) is 7.13. The molecule has 0 spiro atoms. The lowest BCUT2D eigenvalue weighted by Gasteiger charge is -2.17. The molecule has 0 radical (unpaired) electrons. The van der Waals surface area contributed by atoms with Gasteiger partial charge in [0.25, 0.3) is 0 Å². The van der Waals surface area contributed by atoms with E-state index in [1.165, 1.54) is 37.1 Å². The number of benzene rings is 1. The lowest BCUT2D eigenvalue weighted by Crippen LogP contribution is -2.12. The molecule has 1 aliphatic carbocycles. The van der Waals surface area contributed by atoms with Gasteiger partial charge in [-0.3, -0.25) is 9.78 Å². The summed E-state index contributed by atoms with van der Waals surface area (Å²) in [4.78, 5) is 29.5. The number of rotatable bonds is 17. The summed E-state index contributed by atoms with van der Waals surface area (Å²) in [5, 5.41) is 0. The van der Waals surface area contributed by atoms with Crippen LogP contribution in [-0.2, 0) is 33.6 Å². The van der Waals surface area contributed by atoms with E-state index < -0.39 is 5.82 Å². The Labute approximate surface area is 227 Å². The first-order valence-electron chi connectivity index (χ1n) is 14.3. The molecule has 0 unspecified atom stereocenters. The second kappa shape index (κ2) is 15.7. The minimum absolute atomic E-state index is 0.0134. The number of nitrogens with zero attached hydrogens (tertiary/aromatic N) is 1. The zero-order chi connectivity index (χ0) is 27.3. The molecule has 0 aliphatic heterocycles. The van der Waals surface area contributed by atoms with E-state index in [0.717, 1.165) is 44.2 Å². The fraction of sp³-hybridized carbons (Fsp3) is 0.594. The van der Waals surface area contributed by atoms with Crippen molar-refractivity contribution in [3.8, 4) is 5.75 Å². The maximum atomic E-state index is 14.7. The van der Waals surface area contributed by atoms with Crippen LogP contribution in [0.15, 0.2) is 30.3 Å².